The third-order valence-corrected chi connectivity index (χ3v) is 1.81. The molecule has 0 radical (unpaired) electrons. The summed E-state index contributed by atoms with van der Waals surface area (Å²) in [5, 5.41) is 6.00. The Kier molecular flexibility index (Phi) is 2.00. The summed E-state index contributed by atoms with van der Waals surface area (Å²) in [4.78, 5) is 28.5. The second kappa shape index (κ2) is 3.19. The molecule has 2 aromatic rings. The molecule has 2 rings (SSSR count). The Morgan fingerprint density at radius 2 is 2.27 bits per heavy atom. The summed E-state index contributed by atoms with van der Waals surface area (Å²) >= 11 is 0. The van der Waals surface area contributed by atoms with Crippen LogP contribution in [0.4, 0.5) is 5.95 Å². The lowest BCUT2D eigenvalue weighted by Gasteiger charge is -1.99. The van der Waals surface area contributed by atoms with Gasteiger partial charge in [-0.15, -0.1) is 0 Å². The topological polar surface area (TPSA) is 101 Å². The number of anilines is 1. The summed E-state index contributed by atoms with van der Waals surface area (Å²) < 4.78 is 4.77. The fourth-order valence-electron chi connectivity index (χ4n) is 1.19. The van der Waals surface area contributed by atoms with Gasteiger partial charge in [-0.05, 0) is 6.92 Å². The summed E-state index contributed by atoms with van der Waals surface area (Å²) in [5.74, 6) is -0.224. The van der Waals surface area contributed by atoms with Crippen molar-refractivity contribution < 1.29 is 9.32 Å². The Labute approximate surface area is 83.5 Å². The predicted octanol–water partition coefficient (Wildman–Crippen LogP) is 0.178. The molecule has 0 fully saturated rings. The maximum atomic E-state index is 11.4. The molecule has 2 aromatic heterocycles. The van der Waals surface area contributed by atoms with E-state index in [1.165, 1.54) is 6.92 Å². The zero-order valence-electron chi connectivity index (χ0n) is 8.12. The molecular formula is C8H8N4O3. The second-order valence-electron chi connectivity index (χ2n) is 3.04. The Bertz CT molecular complexity index is 583. The summed E-state index contributed by atoms with van der Waals surface area (Å²) in [6.45, 7) is 3.00. The van der Waals surface area contributed by atoms with Gasteiger partial charge in [-0.1, -0.05) is 5.16 Å². The molecular weight excluding hydrogens is 200 g/mol. The number of aryl methyl sites for hydroxylation is 1. The Balaban J connectivity index is 2.65. The molecule has 15 heavy (non-hydrogen) atoms. The normalized spacial score (nSPS) is 10.5. The van der Waals surface area contributed by atoms with Crippen LogP contribution in [0.2, 0.25) is 0 Å². The van der Waals surface area contributed by atoms with Gasteiger partial charge in [0.05, 0.1) is 0 Å². The van der Waals surface area contributed by atoms with Crippen LogP contribution in [0.3, 0.4) is 0 Å². The van der Waals surface area contributed by atoms with Gasteiger partial charge in [0.15, 0.2) is 0 Å². The lowest BCUT2D eigenvalue weighted by atomic mass is 10.4. The van der Waals surface area contributed by atoms with Gasteiger partial charge < -0.3 is 9.51 Å². The monoisotopic (exact) mass is 208 g/mol. The van der Waals surface area contributed by atoms with Crippen LogP contribution >= 0.6 is 0 Å². The average molecular weight is 208 g/mol. The number of carbonyl (C=O) groups is 1. The first kappa shape index (κ1) is 9.38. The van der Waals surface area contributed by atoms with Crippen molar-refractivity contribution in [3.63, 3.8) is 0 Å². The molecule has 0 saturated heterocycles. The number of nitrogens with zero attached hydrogens (tertiary/aromatic N) is 2. The molecule has 7 nitrogen and oxygen atoms in total. The van der Waals surface area contributed by atoms with Crippen molar-refractivity contribution >= 4 is 23.0 Å². The summed E-state index contributed by atoms with van der Waals surface area (Å²) in [7, 11) is 0. The maximum absolute atomic E-state index is 11.4. The molecule has 0 aromatic carbocycles. The van der Waals surface area contributed by atoms with Crippen LogP contribution in [0.15, 0.2) is 9.32 Å². The third-order valence-electron chi connectivity index (χ3n) is 1.81. The quantitative estimate of drug-likeness (QED) is 0.696. The molecule has 2 heterocycles. The van der Waals surface area contributed by atoms with Gasteiger partial charge in [-0.3, -0.25) is 14.9 Å². The number of nitrogens with one attached hydrogen (secondary N) is 2. The van der Waals surface area contributed by atoms with Crippen molar-refractivity contribution in [2.45, 2.75) is 13.8 Å². The minimum Gasteiger partial charge on any atom is -0.348 e. The third kappa shape index (κ3) is 1.58. The number of aromatic amines is 1. The number of hydrogen-bond acceptors (Lipinski definition) is 5. The van der Waals surface area contributed by atoms with Gasteiger partial charge in [-0.2, -0.15) is 4.98 Å². The molecule has 0 bridgehead atoms. The SMILES string of the molecule is CC(=O)Nc1nc(=O)c2onc(C)c2[nH]1. The minimum atomic E-state index is -0.562. The summed E-state index contributed by atoms with van der Waals surface area (Å²) in [6.07, 6.45) is 0. The molecule has 1 amide bonds. The Morgan fingerprint density at radius 3 is 2.93 bits per heavy atom. The molecule has 2 N–H and O–H groups in total. The summed E-state index contributed by atoms with van der Waals surface area (Å²) in [6, 6.07) is 0. The molecule has 0 aliphatic carbocycles. The molecule has 0 aliphatic heterocycles. The first-order chi connectivity index (χ1) is 7.08. The number of H-pyrrole nitrogens is 1. The molecule has 7 heteroatoms. The maximum Gasteiger partial charge on any atom is 0.321 e. The van der Waals surface area contributed by atoms with E-state index >= 15 is 0 Å². The molecule has 0 atom stereocenters. The van der Waals surface area contributed by atoms with Crippen molar-refractivity contribution in [2.75, 3.05) is 5.32 Å². The molecule has 0 saturated carbocycles. The number of fused-ring (bicyclic) bond motifs is 1. The predicted molar refractivity (Wildman–Crippen MR) is 51.5 cm³/mol. The van der Waals surface area contributed by atoms with E-state index in [0.29, 0.717) is 11.2 Å². The highest BCUT2D eigenvalue weighted by Gasteiger charge is 2.11. The van der Waals surface area contributed by atoms with E-state index in [4.69, 9.17) is 4.52 Å². The van der Waals surface area contributed by atoms with E-state index in [9.17, 15) is 9.59 Å². The minimum absolute atomic E-state index is 0.0570. The van der Waals surface area contributed by atoms with Gasteiger partial charge in [0.1, 0.15) is 11.2 Å². The van der Waals surface area contributed by atoms with Crippen LogP contribution in [0.5, 0.6) is 0 Å². The first-order valence-corrected chi connectivity index (χ1v) is 4.22. The summed E-state index contributed by atoms with van der Waals surface area (Å²) in [5.41, 5.74) is 0.476. The molecule has 0 unspecified atom stereocenters. The van der Waals surface area contributed by atoms with Gasteiger partial charge in [0, 0.05) is 6.92 Å². The Hall–Kier alpha value is -2.18. The van der Waals surface area contributed by atoms with Crippen molar-refractivity contribution in [3.05, 3.63) is 16.0 Å². The van der Waals surface area contributed by atoms with Crippen LogP contribution in [0.1, 0.15) is 12.6 Å². The highest BCUT2D eigenvalue weighted by molar-refractivity contribution is 5.87. The van der Waals surface area contributed by atoms with E-state index in [-0.39, 0.29) is 17.4 Å². The number of rotatable bonds is 1. The largest absolute Gasteiger partial charge is 0.348 e. The standard InChI is InChI=1S/C8H8N4O3/c1-3-5-6(15-12-3)7(14)11-8(10-5)9-4(2)13/h1-2H3,(H2,9,10,11,13,14). The van der Waals surface area contributed by atoms with E-state index in [1.54, 1.807) is 6.92 Å². The lowest BCUT2D eigenvalue weighted by molar-refractivity contribution is -0.114. The number of hydrogen-bond donors (Lipinski definition) is 2. The van der Waals surface area contributed by atoms with E-state index < -0.39 is 5.56 Å². The number of amides is 1. The molecule has 0 spiro atoms. The van der Waals surface area contributed by atoms with Gasteiger partial charge in [0.2, 0.25) is 17.4 Å². The van der Waals surface area contributed by atoms with Crippen LogP contribution in [0.25, 0.3) is 11.1 Å². The van der Waals surface area contributed by atoms with Crippen LogP contribution < -0.4 is 10.9 Å². The van der Waals surface area contributed by atoms with Gasteiger partial charge >= 0.3 is 5.56 Å². The van der Waals surface area contributed by atoms with Crippen LogP contribution in [-0.2, 0) is 4.79 Å². The first-order valence-electron chi connectivity index (χ1n) is 4.22. The zero-order valence-corrected chi connectivity index (χ0v) is 8.12. The Morgan fingerprint density at radius 1 is 1.53 bits per heavy atom. The van der Waals surface area contributed by atoms with Gasteiger partial charge in [-0.25, -0.2) is 0 Å². The molecule has 78 valence electrons. The lowest BCUT2D eigenvalue weighted by Crippen LogP contribution is -2.15. The van der Waals surface area contributed by atoms with Crippen LogP contribution in [-0.4, -0.2) is 21.0 Å². The van der Waals surface area contributed by atoms with Crippen LogP contribution in [0, 0.1) is 6.92 Å². The zero-order chi connectivity index (χ0) is 11.0. The van der Waals surface area contributed by atoms with Crippen molar-refractivity contribution in [3.8, 4) is 0 Å². The van der Waals surface area contributed by atoms with Crippen molar-refractivity contribution in [1.29, 1.82) is 0 Å². The van der Waals surface area contributed by atoms with Crippen molar-refractivity contribution in [2.24, 2.45) is 0 Å². The smallest absolute Gasteiger partial charge is 0.321 e. The fraction of sp³-hybridized carbons (Fsp3) is 0.250. The van der Waals surface area contributed by atoms with E-state index in [2.05, 4.69) is 20.4 Å². The number of carbonyl (C=O) groups excluding carboxylic acids is 1. The average Bonchev–Trinajstić information content (AvgIpc) is 2.47. The highest BCUT2D eigenvalue weighted by atomic mass is 16.5. The second-order valence-corrected chi connectivity index (χ2v) is 3.04. The molecule has 0 aliphatic rings. The van der Waals surface area contributed by atoms with E-state index in [1.807, 2.05) is 0 Å². The van der Waals surface area contributed by atoms with E-state index in [0.717, 1.165) is 0 Å². The van der Waals surface area contributed by atoms with Gasteiger partial charge in [0.25, 0.3) is 0 Å². The fourth-order valence-corrected chi connectivity index (χ4v) is 1.19. The number of aromatic nitrogens is 3. The highest BCUT2D eigenvalue weighted by Crippen LogP contribution is 2.11. The van der Waals surface area contributed by atoms with Crippen molar-refractivity contribution in [1.82, 2.24) is 15.1 Å².